The number of ether oxygens (including phenoxy) is 1. The predicted octanol–water partition coefficient (Wildman–Crippen LogP) is 2.25. The molecule has 0 unspecified atom stereocenters. The van der Waals surface area contributed by atoms with Crippen molar-refractivity contribution in [2.75, 3.05) is 19.8 Å². The SMILES string of the molecule is NCC1(c2nc(CSC3CCCC3)no2)CCOCC1. The van der Waals surface area contributed by atoms with Crippen molar-refractivity contribution in [1.82, 2.24) is 10.1 Å². The Morgan fingerprint density at radius 3 is 2.70 bits per heavy atom. The summed E-state index contributed by atoms with van der Waals surface area (Å²) >= 11 is 1.96. The van der Waals surface area contributed by atoms with Crippen molar-refractivity contribution in [3.63, 3.8) is 0 Å². The Balaban J connectivity index is 1.62. The molecule has 0 radical (unpaired) electrons. The van der Waals surface area contributed by atoms with Gasteiger partial charge in [-0.2, -0.15) is 16.7 Å². The maximum absolute atomic E-state index is 5.96. The van der Waals surface area contributed by atoms with Crippen LogP contribution in [-0.4, -0.2) is 35.1 Å². The molecule has 0 atom stereocenters. The first kappa shape index (κ1) is 14.4. The highest BCUT2D eigenvalue weighted by Gasteiger charge is 2.38. The Labute approximate surface area is 124 Å². The minimum Gasteiger partial charge on any atom is -0.381 e. The molecule has 1 saturated heterocycles. The van der Waals surface area contributed by atoms with Gasteiger partial charge in [-0.1, -0.05) is 18.0 Å². The van der Waals surface area contributed by atoms with Crippen molar-refractivity contribution in [2.45, 2.75) is 54.9 Å². The van der Waals surface area contributed by atoms with Crippen LogP contribution in [0.3, 0.4) is 0 Å². The van der Waals surface area contributed by atoms with E-state index in [0.717, 1.165) is 42.9 Å². The molecule has 20 heavy (non-hydrogen) atoms. The smallest absolute Gasteiger partial charge is 0.234 e. The first-order chi connectivity index (χ1) is 9.82. The van der Waals surface area contributed by atoms with Gasteiger partial charge < -0.3 is 15.0 Å². The van der Waals surface area contributed by atoms with Gasteiger partial charge in [-0.3, -0.25) is 0 Å². The van der Waals surface area contributed by atoms with Crippen LogP contribution in [0.2, 0.25) is 0 Å². The largest absolute Gasteiger partial charge is 0.381 e. The molecule has 2 N–H and O–H groups in total. The topological polar surface area (TPSA) is 74.2 Å². The molecule has 3 rings (SSSR count). The van der Waals surface area contributed by atoms with Crippen molar-refractivity contribution in [3.05, 3.63) is 11.7 Å². The normalized spacial score (nSPS) is 23.2. The first-order valence-corrected chi connectivity index (χ1v) is 8.60. The molecule has 1 aromatic rings. The summed E-state index contributed by atoms with van der Waals surface area (Å²) in [5.41, 5.74) is 5.80. The summed E-state index contributed by atoms with van der Waals surface area (Å²) in [4.78, 5) is 4.60. The lowest BCUT2D eigenvalue weighted by Gasteiger charge is -2.32. The van der Waals surface area contributed by atoms with Gasteiger partial charge in [0.2, 0.25) is 5.89 Å². The van der Waals surface area contributed by atoms with Crippen LogP contribution in [0.4, 0.5) is 0 Å². The van der Waals surface area contributed by atoms with E-state index in [1.807, 2.05) is 11.8 Å². The van der Waals surface area contributed by atoms with E-state index < -0.39 is 0 Å². The third kappa shape index (κ3) is 3.02. The Hall–Kier alpha value is -0.590. The molecule has 1 saturated carbocycles. The fourth-order valence-corrected chi connectivity index (χ4v) is 4.21. The second-order valence-electron chi connectivity index (χ2n) is 5.83. The summed E-state index contributed by atoms with van der Waals surface area (Å²) in [7, 11) is 0. The summed E-state index contributed by atoms with van der Waals surface area (Å²) < 4.78 is 10.9. The zero-order valence-corrected chi connectivity index (χ0v) is 12.7. The highest BCUT2D eigenvalue weighted by molar-refractivity contribution is 7.99. The molecule has 0 spiro atoms. The summed E-state index contributed by atoms with van der Waals surface area (Å²) in [6.07, 6.45) is 7.15. The van der Waals surface area contributed by atoms with Crippen molar-refractivity contribution in [3.8, 4) is 0 Å². The van der Waals surface area contributed by atoms with E-state index >= 15 is 0 Å². The highest BCUT2D eigenvalue weighted by Crippen LogP contribution is 2.34. The van der Waals surface area contributed by atoms with Gasteiger partial charge in [0.1, 0.15) is 0 Å². The molecule has 0 aromatic carbocycles. The van der Waals surface area contributed by atoms with Crippen molar-refractivity contribution in [1.29, 1.82) is 0 Å². The zero-order valence-electron chi connectivity index (χ0n) is 11.8. The van der Waals surface area contributed by atoms with Crippen molar-refractivity contribution < 1.29 is 9.26 Å². The Bertz CT molecular complexity index is 426. The lowest BCUT2D eigenvalue weighted by Crippen LogP contribution is -2.40. The van der Waals surface area contributed by atoms with Crippen LogP contribution < -0.4 is 5.73 Å². The van der Waals surface area contributed by atoms with Gasteiger partial charge >= 0.3 is 0 Å². The predicted molar refractivity (Wildman–Crippen MR) is 78.6 cm³/mol. The van der Waals surface area contributed by atoms with Gasteiger partial charge in [0.05, 0.1) is 11.2 Å². The molecule has 112 valence electrons. The second kappa shape index (κ2) is 6.45. The average Bonchev–Trinajstić information content (AvgIpc) is 3.17. The summed E-state index contributed by atoms with van der Waals surface area (Å²) in [6, 6.07) is 0. The van der Waals surface area contributed by atoms with Gasteiger partial charge in [0.15, 0.2) is 5.82 Å². The third-order valence-electron chi connectivity index (χ3n) is 4.51. The molecule has 2 aliphatic rings. The molecular formula is C14H23N3O2S. The number of nitrogens with two attached hydrogens (primary N) is 1. The monoisotopic (exact) mass is 297 g/mol. The number of hydrogen-bond donors (Lipinski definition) is 1. The Morgan fingerprint density at radius 2 is 2.00 bits per heavy atom. The van der Waals surface area contributed by atoms with E-state index in [1.54, 1.807) is 0 Å². The van der Waals surface area contributed by atoms with Crippen LogP contribution in [0.5, 0.6) is 0 Å². The quantitative estimate of drug-likeness (QED) is 0.898. The number of rotatable bonds is 5. The summed E-state index contributed by atoms with van der Waals surface area (Å²) in [5.74, 6) is 2.38. The molecule has 2 heterocycles. The van der Waals surface area contributed by atoms with Gasteiger partial charge in [-0.15, -0.1) is 0 Å². The van der Waals surface area contributed by atoms with Gasteiger partial charge in [0, 0.05) is 25.0 Å². The van der Waals surface area contributed by atoms with E-state index in [4.69, 9.17) is 15.0 Å². The Morgan fingerprint density at radius 1 is 1.25 bits per heavy atom. The zero-order chi connectivity index (χ0) is 13.8. The van der Waals surface area contributed by atoms with E-state index in [2.05, 4.69) is 10.1 Å². The van der Waals surface area contributed by atoms with Crippen molar-refractivity contribution >= 4 is 11.8 Å². The fourth-order valence-electron chi connectivity index (χ4n) is 3.04. The fraction of sp³-hybridized carbons (Fsp3) is 0.857. The minimum atomic E-state index is -0.165. The van der Waals surface area contributed by atoms with E-state index in [9.17, 15) is 0 Å². The van der Waals surface area contributed by atoms with Crippen LogP contribution in [0.15, 0.2) is 4.52 Å². The average molecular weight is 297 g/mol. The maximum Gasteiger partial charge on any atom is 0.234 e. The molecule has 2 fully saturated rings. The molecule has 0 amide bonds. The van der Waals surface area contributed by atoms with Crippen LogP contribution in [0.25, 0.3) is 0 Å². The standard InChI is InChI=1S/C14H23N3O2S/c15-10-14(5-7-18-8-6-14)13-16-12(17-19-13)9-20-11-3-1-2-4-11/h11H,1-10,15H2. The van der Waals surface area contributed by atoms with Crippen LogP contribution >= 0.6 is 11.8 Å². The van der Waals surface area contributed by atoms with E-state index in [1.165, 1.54) is 25.7 Å². The number of aromatic nitrogens is 2. The minimum absolute atomic E-state index is 0.165. The summed E-state index contributed by atoms with van der Waals surface area (Å²) in [6.45, 7) is 2.01. The molecule has 0 bridgehead atoms. The lowest BCUT2D eigenvalue weighted by molar-refractivity contribution is 0.0409. The van der Waals surface area contributed by atoms with Gasteiger partial charge in [0.25, 0.3) is 0 Å². The number of nitrogens with zero attached hydrogens (tertiary/aromatic N) is 2. The molecule has 5 nitrogen and oxygen atoms in total. The number of hydrogen-bond acceptors (Lipinski definition) is 6. The highest BCUT2D eigenvalue weighted by atomic mass is 32.2. The van der Waals surface area contributed by atoms with Crippen molar-refractivity contribution in [2.24, 2.45) is 5.73 Å². The molecule has 1 aliphatic carbocycles. The van der Waals surface area contributed by atoms with Crippen LogP contribution in [-0.2, 0) is 15.9 Å². The number of thioether (sulfide) groups is 1. The van der Waals surface area contributed by atoms with Gasteiger partial charge in [-0.25, -0.2) is 0 Å². The first-order valence-electron chi connectivity index (χ1n) is 7.55. The molecular weight excluding hydrogens is 274 g/mol. The van der Waals surface area contributed by atoms with E-state index in [-0.39, 0.29) is 5.41 Å². The maximum atomic E-state index is 5.96. The van der Waals surface area contributed by atoms with Crippen LogP contribution in [0, 0.1) is 0 Å². The van der Waals surface area contributed by atoms with E-state index in [0.29, 0.717) is 12.4 Å². The van der Waals surface area contributed by atoms with Crippen LogP contribution in [0.1, 0.15) is 50.2 Å². The summed E-state index contributed by atoms with van der Waals surface area (Å²) in [5, 5.41) is 4.92. The molecule has 1 aromatic heterocycles. The molecule has 1 aliphatic heterocycles. The lowest BCUT2D eigenvalue weighted by atomic mass is 9.80. The van der Waals surface area contributed by atoms with Gasteiger partial charge in [-0.05, 0) is 25.7 Å². The Kier molecular flexibility index (Phi) is 4.63. The second-order valence-corrected chi connectivity index (χ2v) is 7.12. The third-order valence-corrected chi connectivity index (χ3v) is 5.88. The molecule has 6 heteroatoms.